The predicted molar refractivity (Wildman–Crippen MR) is 85.1 cm³/mol. The molecule has 2 nitrogen and oxygen atoms in total. The van der Waals surface area contributed by atoms with Crippen LogP contribution >= 0.6 is 24.0 Å². The highest BCUT2D eigenvalue weighted by Crippen LogP contribution is 2.24. The van der Waals surface area contributed by atoms with Crippen LogP contribution in [0, 0.1) is 5.92 Å². The first kappa shape index (κ1) is 16.8. The van der Waals surface area contributed by atoms with E-state index in [0.717, 1.165) is 37.5 Å². The lowest BCUT2D eigenvalue weighted by Crippen LogP contribution is -2.45. The summed E-state index contributed by atoms with van der Waals surface area (Å²) in [4.78, 5) is 2.48. The zero-order chi connectivity index (χ0) is 13.1. The Morgan fingerprint density at radius 2 is 2.16 bits per heavy atom. The Balaban J connectivity index is 0.00000180. The third kappa shape index (κ3) is 4.09. The van der Waals surface area contributed by atoms with E-state index in [2.05, 4.69) is 24.8 Å². The van der Waals surface area contributed by atoms with Crippen molar-refractivity contribution in [3.63, 3.8) is 0 Å². The van der Waals surface area contributed by atoms with Crippen molar-refractivity contribution < 1.29 is 0 Å². The van der Waals surface area contributed by atoms with Gasteiger partial charge in [0, 0.05) is 24.2 Å². The third-order valence-corrected chi connectivity index (χ3v) is 4.39. The van der Waals surface area contributed by atoms with Crippen molar-refractivity contribution >= 4 is 24.0 Å². The van der Waals surface area contributed by atoms with Gasteiger partial charge < -0.3 is 5.73 Å². The van der Waals surface area contributed by atoms with Crippen molar-refractivity contribution in [1.82, 2.24) is 4.90 Å². The maximum atomic E-state index is 6.34. The van der Waals surface area contributed by atoms with Crippen molar-refractivity contribution in [2.45, 2.75) is 39.3 Å². The summed E-state index contributed by atoms with van der Waals surface area (Å²) in [6.45, 7) is 7.55. The van der Waals surface area contributed by atoms with Crippen molar-refractivity contribution in [2.75, 3.05) is 13.1 Å². The normalized spacial score (nSPS) is 24.0. The highest BCUT2D eigenvalue weighted by Gasteiger charge is 2.23. The van der Waals surface area contributed by atoms with Gasteiger partial charge in [-0.15, -0.1) is 12.4 Å². The number of hydrogen-bond donors (Lipinski definition) is 1. The van der Waals surface area contributed by atoms with E-state index in [4.69, 9.17) is 17.3 Å². The third-order valence-electron chi connectivity index (χ3n) is 4.03. The van der Waals surface area contributed by atoms with Gasteiger partial charge in [0.05, 0.1) is 0 Å². The Morgan fingerprint density at radius 3 is 2.79 bits per heavy atom. The van der Waals surface area contributed by atoms with E-state index in [1.165, 1.54) is 11.1 Å². The van der Waals surface area contributed by atoms with Crippen LogP contribution in [0.4, 0.5) is 0 Å². The summed E-state index contributed by atoms with van der Waals surface area (Å²) >= 11 is 6.34. The first-order chi connectivity index (χ1) is 8.61. The van der Waals surface area contributed by atoms with Crippen molar-refractivity contribution in [3.05, 3.63) is 34.3 Å². The molecular formula is C15H24Cl2N2. The van der Waals surface area contributed by atoms with Gasteiger partial charge >= 0.3 is 0 Å². The Labute approximate surface area is 127 Å². The fourth-order valence-corrected chi connectivity index (χ4v) is 2.98. The summed E-state index contributed by atoms with van der Waals surface area (Å²) in [7, 11) is 0. The molecule has 0 amide bonds. The van der Waals surface area contributed by atoms with Gasteiger partial charge in [0.1, 0.15) is 0 Å². The molecule has 1 aromatic rings. The fourth-order valence-electron chi connectivity index (χ4n) is 2.73. The molecule has 0 radical (unpaired) electrons. The second kappa shape index (κ2) is 7.49. The topological polar surface area (TPSA) is 29.3 Å². The molecule has 1 aliphatic rings. The summed E-state index contributed by atoms with van der Waals surface area (Å²) in [6.07, 6.45) is 2.13. The average Bonchev–Trinajstić information content (AvgIpc) is 2.36. The van der Waals surface area contributed by atoms with Gasteiger partial charge in [-0.2, -0.15) is 0 Å². The summed E-state index contributed by atoms with van der Waals surface area (Å²) in [6, 6.07) is 6.58. The number of nitrogens with two attached hydrogens (primary N) is 1. The lowest BCUT2D eigenvalue weighted by molar-refractivity contribution is 0.157. The molecule has 2 N–H and O–H groups in total. The summed E-state index contributed by atoms with van der Waals surface area (Å²) in [5.41, 5.74) is 8.73. The number of halogens is 2. The van der Waals surface area contributed by atoms with E-state index >= 15 is 0 Å². The zero-order valence-corrected chi connectivity index (χ0v) is 13.3. The van der Waals surface area contributed by atoms with E-state index < -0.39 is 0 Å². The molecule has 1 aromatic carbocycles. The largest absolute Gasteiger partial charge is 0.327 e. The summed E-state index contributed by atoms with van der Waals surface area (Å²) in [5.74, 6) is 0.575. The highest BCUT2D eigenvalue weighted by molar-refractivity contribution is 6.31. The lowest BCUT2D eigenvalue weighted by atomic mass is 9.94. The van der Waals surface area contributed by atoms with E-state index in [-0.39, 0.29) is 12.4 Å². The maximum absolute atomic E-state index is 6.34. The van der Waals surface area contributed by atoms with E-state index in [1.54, 1.807) is 0 Å². The van der Waals surface area contributed by atoms with Crippen LogP contribution in [0.3, 0.4) is 0 Å². The lowest BCUT2D eigenvalue weighted by Gasteiger charge is -2.35. The molecule has 0 spiro atoms. The van der Waals surface area contributed by atoms with Crippen molar-refractivity contribution in [1.29, 1.82) is 0 Å². The first-order valence-electron chi connectivity index (χ1n) is 6.86. The minimum absolute atomic E-state index is 0. The molecule has 108 valence electrons. The Bertz CT molecular complexity index is 409. The number of piperidine rings is 1. The molecular weight excluding hydrogens is 279 g/mol. The molecule has 0 bridgehead atoms. The van der Waals surface area contributed by atoms with Crippen LogP contribution in [-0.2, 0) is 13.0 Å². The average molecular weight is 303 g/mol. The molecule has 0 aliphatic carbocycles. The molecule has 1 fully saturated rings. The molecule has 0 aromatic heterocycles. The molecule has 1 heterocycles. The molecule has 1 aliphatic heterocycles. The Hall–Kier alpha value is -0.280. The van der Waals surface area contributed by atoms with Gasteiger partial charge in [-0.3, -0.25) is 4.90 Å². The van der Waals surface area contributed by atoms with Crippen LogP contribution in [0.15, 0.2) is 18.2 Å². The summed E-state index contributed by atoms with van der Waals surface area (Å²) < 4.78 is 0. The second-order valence-electron chi connectivity index (χ2n) is 5.40. The maximum Gasteiger partial charge on any atom is 0.0453 e. The molecule has 2 rings (SSSR count). The minimum atomic E-state index is 0. The van der Waals surface area contributed by atoms with Crippen molar-refractivity contribution in [2.24, 2.45) is 11.7 Å². The van der Waals surface area contributed by atoms with Gasteiger partial charge in [0.2, 0.25) is 0 Å². The minimum Gasteiger partial charge on any atom is -0.327 e. The first-order valence-corrected chi connectivity index (χ1v) is 7.23. The smallest absolute Gasteiger partial charge is 0.0453 e. The van der Waals surface area contributed by atoms with Crippen molar-refractivity contribution in [3.8, 4) is 0 Å². The van der Waals surface area contributed by atoms with E-state index in [0.29, 0.717) is 12.0 Å². The number of nitrogens with zero attached hydrogens (tertiary/aromatic N) is 1. The highest BCUT2D eigenvalue weighted by atomic mass is 35.5. The quantitative estimate of drug-likeness (QED) is 0.926. The molecule has 4 heteroatoms. The molecule has 19 heavy (non-hydrogen) atoms. The number of aryl methyl sites for hydroxylation is 1. The number of rotatable bonds is 3. The Morgan fingerprint density at radius 1 is 1.42 bits per heavy atom. The van der Waals surface area contributed by atoms with Gasteiger partial charge in [0.15, 0.2) is 0 Å². The van der Waals surface area contributed by atoms with Crippen LogP contribution in [0.25, 0.3) is 0 Å². The molecule has 2 unspecified atom stereocenters. The van der Waals surface area contributed by atoms with Crippen LogP contribution in [0.2, 0.25) is 5.02 Å². The zero-order valence-electron chi connectivity index (χ0n) is 11.7. The predicted octanol–water partition coefficient (Wildman–Crippen LogP) is 3.49. The van der Waals surface area contributed by atoms with Crippen LogP contribution in [0.5, 0.6) is 0 Å². The van der Waals surface area contributed by atoms with E-state index in [9.17, 15) is 0 Å². The van der Waals surface area contributed by atoms with Gasteiger partial charge in [-0.05, 0) is 42.5 Å². The van der Waals surface area contributed by atoms with Gasteiger partial charge in [-0.1, -0.05) is 37.6 Å². The van der Waals surface area contributed by atoms with Crippen LogP contribution < -0.4 is 5.73 Å². The van der Waals surface area contributed by atoms with Crippen LogP contribution in [-0.4, -0.2) is 24.0 Å². The SMILES string of the molecule is CCc1cccc(Cl)c1CN1CCC(N)C(C)C1.Cl. The van der Waals surface area contributed by atoms with Gasteiger partial charge in [0.25, 0.3) is 0 Å². The Kier molecular flexibility index (Phi) is 6.61. The number of benzene rings is 1. The fraction of sp³-hybridized carbons (Fsp3) is 0.600. The molecule has 2 atom stereocenters. The van der Waals surface area contributed by atoms with E-state index in [1.807, 2.05) is 12.1 Å². The standard InChI is InChI=1S/C15H23ClN2.ClH/c1-3-12-5-4-6-14(16)13(12)10-18-8-7-15(17)11(2)9-18;/h4-6,11,15H,3,7-10,17H2,1-2H3;1H. The van der Waals surface area contributed by atoms with Crippen LogP contribution in [0.1, 0.15) is 31.4 Å². The molecule has 1 saturated heterocycles. The monoisotopic (exact) mass is 302 g/mol. The molecule has 0 saturated carbocycles. The number of likely N-dealkylation sites (tertiary alicyclic amines) is 1. The summed E-state index contributed by atoms with van der Waals surface area (Å²) in [5, 5.41) is 0.900. The second-order valence-corrected chi connectivity index (χ2v) is 5.80. The van der Waals surface area contributed by atoms with Gasteiger partial charge in [-0.25, -0.2) is 0 Å². The number of hydrogen-bond acceptors (Lipinski definition) is 2.